The Morgan fingerprint density at radius 3 is 2.57 bits per heavy atom. The Kier molecular flexibility index (Phi) is 2.82. The maximum Gasteiger partial charge on any atom is 0.304 e. The van der Waals surface area contributed by atoms with Crippen LogP contribution in [0.4, 0.5) is 0 Å². The maximum absolute atomic E-state index is 10.8. The van der Waals surface area contributed by atoms with Crippen LogP contribution in [0.5, 0.6) is 0 Å². The van der Waals surface area contributed by atoms with E-state index in [0.29, 0.717) is 5.56 Å². The third kappa shape index (κ3) is 2.07. The van der Waals surface area contributed by atoms with E-state index in [9.17, 15) is 4.79 Å². The number of carbonyl (C=O) groups excluding carboxylic acids is 1. The standard InChI is InChI=1S/C10H10N2O2/c1-8(13)14-10(2,7-11)9-3-5-12-6-4-9/h3-6H,1-2H3. The third-order valence-electron chi connectivity index (χ3n) is 1.79. The van der Waals surface area contributed by atoms with Gasteiger partial charge in [-0.25, -0.2) is 0 Å². The number of hydrogen-bond acceptors (Lipinski definition) is 4. The smallest absolute Gasteiger partial charge is 0.304 e. The van der Waals surface area contributed by atoms with Crippen LogP contribution in [0.3, 0.4) is 0 Å². The minimum atomic E-state index is -1.23. The summed E-state index contributed by atoms with van der Waals surface area (Å²) in [5.41, 5.74) is -0.611. The van der Waals surface area contributed by atoms with Gasteiger partial charge in [-0.1, -0.05) is 0 Å². The highest BCUT2D eigenvalue weighted by molar-refractivity contribution is 5.67. The second-order valence-electron chi connectivity index (χ2n) is 2.97. The zero-order valence-electron chi connectivity index (χ0n) is 8.02. The third-order valence-corrected chi connectivity index (χ3v) is 1.79. The molecule has 1 heterocycles. The number of rotatable bonds is 2. The fraction of sp³-hybridized carbons (Fsp3) is 0.300. The molecule has 0 N–H and O–H groups in total. The molecule has 72 valence electrons. The van der Waals surface area contributed by atoms with E-state index < -0.39 is 11.6 Å². The molecule has 1 rings (SSSR count). The van der Waals surface area contributed by atoms with Gasteiger partial charge in [0.2, 0.25) is 5.60 Å². The minimum absolute atomic E-state index is 0.481. The van der Waals surface area contributed by atoms with E-state index in [0.717, 1.165) is 0 Å². The quantitative estimate of drug-likeness (QED) is 0.661. The van der Waals surface area contributed by atoms with Crippen LogP contribution in [-0.2, 0) is 15.1 Å². The molecule has 0 bridgehead atoms. The summed E-state index contributed by atoms with van der Waals surface area (Å²) >= 11 is 0. The van der Waals surface area contributed by atoms with Crippen LogP contribution in [0.1, 0.15) is 19.4 Å². The van der Waals surface area contributed by atoms with Gasteiger partial charge >= 0.3 is 5.97 Å². The molecule has 1 aromatic heterocycles. The second kappa shape index (κ2) is 3.88. The van der Waals surface area contributed by atoms with E-state index in [2.05, 4.69) is 4.98 Å². The van der Waals surface area contributed by atoms with Crippen molar-refractivity contribution in [3.05, 3.63) is 30.1 Å². The second-order valence-corrected chi connectivity index (χ2v) is 2.97. The lowest BCUT2D eigenvalue weighted by molar-refractivity contribution is -0.151. The predicted molar refractivity (Wildman–Crippen MR) is 49.0 cm³/mol. The number of hydrogen-bond donors (Lipinski definition) is 0. The lowest BCUT2D eigenvalue weighted by Gasteiger charge is -2.21. The molecule has 0 radical (unpaired) electrons. The van der Waals surface area contributed by atoms with Gasteiger partial charge in [0.15, 0.2) is 0 Å². The Balaban J connectivity index is 3.03. The average molecular weight is 190 g/mol. The zero-order chi connectivity index (χ0) is 10.6. The summed E-state index contributed by atoms with van der Waals surface area (Å²) in [4.78, 5) is 14.6. The highest BCUT2D eigenvalue weighted by atomic mass is 16.6. The molecule has 1 unspecified atom stereocenters. The van der Waals surface area contributed by atoms with Crippen LogP contribution >= 0.6 is 0 Å². The normalized spacial score (nSPS) is 13.8. The van der Waals surface area contributed by atoms with Crippen LogP contribution in [0.15, 0.2) is 24.5 Å². The first-order chi connectivity index (χ1) is 6.58. The molecule has 0 amide bonds. The summed E-state index contributed by atoms with van der Waals surface area (Å²) in [6, 6.07) is 5.25. The van der Waals surface area contributed by atoms with E-state index in [1.807, 2.05) is 6.07 Å². The Morgan fingerprint density at radius 1 is 1.57 bits per heavy atom. The van der Waals surface area contributed by atoms with Crippen molar-refractivity contribution < 1.29 is 9.53 Å². The highest BCUT2D eigenvalue weighted by Crippen LogP contribution is 2.23. The lowest BCUT2D eigenvalue weighted by Crippen LogP contribution is -2.26. The Hall–Kier alpha value is -1.89. The van der Waals surface area contributed by atoms with Gasteiger partial charge in [-0.15, -0.1) is 0 Å². The van der Waals surface area contributed by atoms with Gasteiger partial charge in [-0.3, -0.25) is 9.78 Å². The molecule has 0 spiro atoms. The van der Waals surface area contributed by atoms with Crippen molar-refractivity contribution in [1.82, 2.24) is 4.98 Å². The topological polar surface area (TPSA) is 63.0 Å². The first-order valence-corrected chi connectivity index (χ1v) is 4.10. The highest BCUT2D eigenvalue weighted by Gasteiger charge is 2.29. The van der Waals surface area contributed by atoms with Crippen molar-refractivity contribution in [2.75, 3.05) is 0 Å². The average Bonchev–Trinajstić information content (AvgIpc) is 2.18. The number of pyridine rings is 1. The predicted octanol–water partition coefficient (Wildman–Crippen LogP) is 1.38. The molecular weight excluding hydrogens is 180 g/mol. The molecule has 0 saturated heterocycles. The number of nitriles is 1. The summed E-state index contributed by atoms with van der Waals surface area (Å²) in [6.07, 6.45) is 3.10. The fourth-order valence-corrected chi connectivity index (χ4v) is 1.10. The number of esters is 1. The summed E-state index contributed by atoms with van der Waals surface area (Å²) < 4.78 is 4.95. The maximum atomic E-state index is 10.8. The SMILES string of the molecule is CC(=O)OC(C)(C#N)c1ccncc1. The Bertz CT molecular complexity index is 369. The zero-order valence-corrected chi connectivity index (χ0v) is 8.02. The van der Waals surface area contributed by atoms with Gasteiger partial charge in [0, 0.05) is 24.9 Å². The molecule has 0 aliphatic carbocycles. The Morgan fingerprint density at radius 2 is 2.14 bits per heavy atom. The first kappa shape index (κ1) is 10.2. The van der Waals surface area contributed by atoms with E-state index in [-0.39, 0.29) is 0 Å². The molecule has 1 aromatic rings. The number of carbonyl (C=O) groups is 1. The molecule has 0 aliphatic heterocycles. The lowest BCUT2D eigenvalue weighted by atomic mass is 9.99. The van der Waals surface area contributed by atoms with Crippen LogP contribution in [-0.4, -0.2) is 11.0 Å². The largest absolute Gasteiger partial charge is 0.440 e. The number of aromatic nitrogens is 1. The van der Waals surface area contributed by atoms with Crippen molar-refractivity contribution in [3.63, 3.8) is 0 Å². The number of ether oxygens (including phenoxy) is 1. The molecule has 0 aromatic carbocycles. The molecule has 4 nitrogen and oxygen atoms in total. The first-order valence-electron chi connectivity index (χ1n) is 4.10. The molecule has 0 saturated carbocycles. The van der Waals surface area contributed by atoms with Gasteiger partial charge < -0.3 is 4.74 Å². The van der Waals surface area contributed by atoms with Gasteiger partial charge in [0.1, 0.15) is 6.07 Å². The van der Waals surface area contributed by atoms with Crippen LogP contribution in [0.25, 0.3) is 0 Å². The molecule has 1 atom stereocenters. The Labute approximate surface area is 82.1 Å². The van der Waals surface area contributed by atoms with Gasteiger partial charge in [0.05, 0.1) is 0 Å². The van der Waals surface area contributed by atoms with Gasteiger partial charge in [-0.2, -0.15) is 5.26 Å². The summed E-state index contributed by atoms with van der Waals surface area (Å²) in [5, 5.41) is 8.94. The van der Waals surface area contributed by atoms with Crippen molar-refractivity contribution in [2.45, 2.75) is 19.4 Å². The van der Waals surface area contributed by atoms with E-state index in [1.165, 1.54) is 6.92 Å². The molecule has 0 aliphatic rings. The molecule has 0 fully saturated rings. The van der Waals surface area contributed by atoms with E-state index >= 15 is 0 Å². The minimum Gasteiger partial charge on any atom is -0.440 e. The van der Waals surface area contributed by atoms with Crippen LogP contribution in [0.2, 0.25) is 0 Å². The monoisotopic (exact) mass is 190 g/mol. The number of nitrogens with zero attached hydrogens (tertiary/aromatic N) is 2. The summed E-state index contributed by atoms with van der Waals surface area (Å²) in [5.74, 6) is -0.481. The molecule has 14 heavy (non-hydrogen) atoms. The van der Waals surface area contributed by atoms with Crippen molar-refractivity contribution in [2.24, 2.45) is 0 Å². The fourth-order valence-electron chi connectivity index (χ4n) is 1.10. The van der Waals surface area contributed by atoms with Crippen molar-refractivity contribution in [3.8, 4) is 6.07 Å². The van der Waals surface area contributed by atoms with E-state index in [4.69, 9.17) is 10.00 Å². The van der Waals surface area contributed by atoms with E-state index in [1.54, 1.807) is 31.5 Å². The molecular formula is C10H10N2O2. The molecule has 4 heteroatoms. The van der Waals surface area contributed by atoms with Crippen molar-refractivity contribution in [1.29, 1.82) is 5.26 Å². The summed E-state index contributed by atoms with van der Waals surface area (Å²) in [6.45, 7) is 2.82. The van der Waals surface area contributed by atoms with Crippen LogP contribution in [0, 0.1) is 11.3 Å². The van der Waals surface area contributed by atoms with Crippen LogP contribution < -0.4 is 0 Å². The van der Waals surface area contributed by atoms with Gasteiger partial charge in [0.25, 0.3) is 0 Å². The van der Waals surface area contributed by atoms with Crippen molar-refractivity contribution >= 4 is 5.97 Å². The van der Waals surface area contributed by atoms with Gasteiger partial charge in [-0.05, 0) is 19.1 Å². The summed E-state index contributed by atoms with van der Waals surface area (Å²) in [7, 11) is 0.